The van der Waals surface area contributed by atoms with Gasteiger partial charge in [-0.3, -0.25) is 4.99 Å². The molecule has 0 aromatic heterocycles. The van der Waals surface area contributed by atoms with Crippen LogP contribution in [0, 0.1) is 0 Å². The average molecular weight is 327 g/mol. The molecular weight excluding hydrogens is 312 g/mol. The number of hydrogen-bond acceptors (Lipinski definition) is 4. The normalized spacial score (nSPS) is 21.9. The lowest BCUT2D eigenvalue weighted by molar-refractivity contribution is 0.0624. The van der Waals surface area contributed by atoms with Crippen LogP contribution in [0.1, 0.15) is 12.8 Å². The van der Waals surface area contributed by atoms with Gasteiger partial charge in [0.2, 0.25) is 0 Å². The van der Waals surface area contributed by atoms with Gasteiger partial charge in [0.15, 0.2) is 5.17 Å². The molecule has 0 atom stereocenters. The van der Waals surface area contributed by atoms with Crippen molar-refractivity contribution in [1.82, 2.24) is 0 Å². The summed E-state index contributed by atoms with van der Waals surface area (Å²) in [7, 11) is 0. The first-order valence-electron chi connectivity index (χ1n) is 6.09. The van der Waals surface area contributed by atoms with Crippen molar-refractivity contribution < 1.29 is 4.74 Å². The number of benzene rings is 1. The fourth-order valence-corrected chi connectivity index (χ4v) is 3.85. The Morgan fingerprint density at radius 2 is 2.17 bits per heavy atom. The summed E-state index contributed by atoms with van der Waals surface area (Å²) in [6.45, 7) is 1.68. The van der Waals surface area contributed by atoms with Crippen LogP contribution in [0.25, 0.3) is 0 Å². The molecule has 96 valence electrons. The van der Waals surface area contributed by atoms with Crippen molar-refractivity contribution >= 4 is 38.5 Å². The first kappa shape index (κ1) is 12.5. The van der Waals surface area contributed by atoms with Gasteiger partial charge in [0.05, 0.1) is 5.54 Å². The summed E-state index contributed by atoms with van der Waals surface area (Å²) in [6.07, 6.45) is 2.09. The number of nitrogens with zero attached hydrogens (tertiary/aromatic N) is 1. The van der Waals surface area contributed by atoms with Gasteiger partial charge in [0.25, 0.3) is 0 Å². The first-order chi connectivity index (χ1) is 8.76. The van der Waals surface area contributed by atoms with Crippen LogP contribution in [0.4, 0.5) is 5.69 Å². The molecule has 3 rings (SSSR count). The van der Waals surface area contributed by atoms with E-state index in [-0.39, 0.29) is 5.54 Å². The average Bonchev–Trinajstić information content (AvgIpc) is 2.73. The minimum Gasteiger partial charge on any atom is -0.381 e. The molecule has 0 unspecified atom stereocenters. The number of anilines is 1. The van der Waals surface area contributed by atoms with E-state index in [1.807, 2.05) is 23.9 Å². The van der Waals surface area contributed by atoms with Crippen LogP contribution in [0.5, 0.6) is 0 Å². The lowest BCUT2D eigenvalue weighted by atomic mass is 9.93. The largest absolute Gasteiger partial charge is 0.381 e. The SMILES string of the molecule is Brc1cccc(NC2=NC3(CCOCC3)CS2)c1. The second-order valence-electron chi connectivity index (χ2n) is 4.68. The molecular formula is C13H15BrN2OS. The summed E-state index contributed by atoms with van der Waals surface area (Å²) in [5.74, 6) is 1.08. The van der Waals surface area contributed by atoms with Crippen LogP contribution in [0.2, 0.25) is 0 Å². The van der Waals surface area contributed by atoms with Crippen LogP contribution < -0.4 is 5.32 Å². The Bertz CT molecular complexity index is 472. The molecule has 0 aliphatic carbocycles. The Morgan fingerprint density at radius 3 is 2.94 bits per heavy atom. The number of hydrogen-bond donors (Lipinski definition) is 1. The van der Waals surface area contributed by atoms with E-state index >= 15 is 0 Å². The van der Waals surface area contributed by atoms with Gasteiger partial charge in [0, 0.05) is 29.1 Å². The van der Waals surface area contributed by atoms with Crippen LogP contribution in [0.15, 0.2) is 33.7 Å². The van der Waals surface area contributed by atoms with Crippen molar-refractivity contribution in [2.75, 3.05) is 24.3 Å². The van der Waals surface area contributed by atoms with Crippen LogP contribution in [-0.4, -0.2) is 29.7 Å². The summed E-state index contributed by atoms with van der Waals surface area (Å²) in [4.78, 5) is 4.88. The molecule has 0 saturated carbocycles. The molecule has 2 aliphatic rings. The highest BCUT2D eigenvalue weighted by Crippen LogP contribution is 2.36. The highest BCUT2D eigenvalue weighted by molar-refractivity contribution is 9.10. The van der Waals surface area contributed by atoms with E-state index in [9.17, 15) is 0 Å². The molecule has 18 heavy (non-hydrogen) atoms. The highest BCUT2D eigenvalue weighted by Gasteiger charge is 2.37. The molecule has 2 heterocycles. The Morgan fingerprint density at radius 1 is 1.33 bits per heavy atom. The topological polar surface area (TPSA) is 33.6 Å². The van der Waals surface area contributed by atoms with Crippen molar-refractivity contribution in [3.8, 4) is 0 Å². The summed E-state index contributed by atoms with van der Waals surface area (Å²) < 4.78 is 6.50. The number of aliphatic imine (C=N–C) groups is 1. The van der Waals surface area contributed by atoms with E-state index in [2.05, 4.69) is 33.4 Å². The smallest absolute Gasteiger partial charge is 0.161 e. The van der Waals surface area contributed by atoms with Gasteiger partial charge in [-0.2, -0.15) is 0 Å². The third-order valence-electron chi connectivity index (χ3n) is 3.32. The van der Waals surface area contributed by atoms with E-state index in [1.54, 1.807) is 0 Å². The molecule has 1 aromatic carbocycles. The third kappa shape index (κ3) is 2.73. The standard InChI is InChI=1S/C13H15BrN2OS/c14-10-2-1-3-11(8-10)15-12-16-13(9-18-12)4-6-17-7-5-13/h1-3,8H,4-7,9H2,(H,15,16). The van der Waals surface area contributed by atoms with Gasteiger partial charge in [-0.15, -0.1) is 0 Å². The summed E-state index contributed by atoms with van der Waals surface area (Å²) >= 11 is 5.29. The summed E-state index contributed by atoms with van der Waals surface area (Å²) in [6, 6.07) is 8.17. The predicted molar refractivity (Wildman–Crippen MR) is 80.4 cm³/mol. The Hall–Kier alpha value is -0.520. The summed E-state index contributed by atoms with van der Waals surface area (Å²) in [5, 5.41) is 4.43. The molecule has 3 nitrogen and oxygen atoms in total. The van der Waals surface area contributed by atoms with Gasteiger partial charge in [-0.1, -0.05) is 33.8 Å². The predicted octanol–water partition coefficient (Wildman–Crippen LogP) is 3.51. The van der Waals surface area contributed by atoms with E-state index in [4.69, 9.17) is 9.73 Å². The quantitative estimate of drug-likeness (QED) is 0.857. The minimum atomic E-state index is 0.122. The molecule has 1 fully saturated rings. The Balaban J connectivity index is 1.72. The zero-order valence-electron chi connectivity index (χ0n) is 9.99. The zero-order valence-corrected chi connectivity index (χ0v) is 12.4. The molecule has 1 N–H and O–H groups in total. The lowest BCUT2D eigenvalue weighted by Gasteiger charge is -2.29. The third-order valence-corrected chi connectivity index (χ3v) is 4.96. The number of halogens is 1. The molecule has 0 amide bonds. The molecule has 1 spiro atoms. The van der Waals surface area contributed by atoms with Gasteiger partial charge >= 0.3 is 0 Å². The van der Waals surface area contributed by atoms with Crippen molar-refractivity contribution in [3.63, 3.8) is 0 Å². The number of amidine groups is 1. The lowest BCUT2D eigenvalue weighted by Crippen LogP contribution is -2.34. The van der Waals surface area contributed by atoms with Crippen LogP contribution in [0.3, 0.4) is 0 Å². The Labute approximate surface area is 120 Å². The van der Waals surface area contributed by atoms with Gasteiger partial charge in [0.1, 0.15) is 0 Å². The van der Waals surface area contributed by atoms with Gasteiger partial charge in [-0.05, 0) is 31.0 Å². The molecule has 2 aliphatic heterocycles. The van der Waals surface area contributed by atoms with Crippen molar-refractivity contribution in [2.45, 2.75) is 18.4 Å². The molecule has 5 heteroatoms. The fraction of sp³-hybridized carbons (Fsp3) is 0.462. The Kier molecular flexibility index (Phi) is 3.63. The van der Waals surface area contributed by atoms with Crippen LogP contribution >= 0.6 is 27.7 Å². The molecule has 1 saturated heterocycles. The van der Waals surface area contributed by atoms with E-state index in [0.29, 0.717) is 0 Å². The van der Waals surface area contributed by atoms with E-state index < -0.39 is 0 Å². The molecule has 0 radical (unpaired) electrons. The van der Waals surface area contributed by atoms with Crippen molar-refractivity contribution in [1.29, 1.82) is 0 Å². The summed E-state index contributed by atoms with van der Waals surface area (Å²) in [5.41, 5.74) is 1.21. The fourth-order valence-electron chi connectivity index (χ4n) is 2.24. The maximum atomic E-state index is 5.42. The van der Waals surface area contributed by atoms with Crippen molar-refractivity contribution in [2.24, 2.45) is 4.99 Å². The highest BCUT2D eigenvalue weighted by atomic mass is 79.9. The van der Waals surface area contributed by atoms with Crippen LogP contribution in [-0.2, 0) is 4.74 Å². The second kappa shape index (κ2) is 5.23. The minimum absolute atomic E-state index is 0.122. The number of ether oxygens (including phenoxy) is 1. The molecule has 1 aromatic rings. The van der Waals surface area contributed by atoms with Crippen molar-refractivity contribution in [3.05, 3.63) is 28.7 Å². The monoisotopic (exact) mass is 326 g/mol. The molecule has 0 bridgehead atoms. The van der Waals surface area contributed by atoms with Gasteiger partial charge in [-0.25, -0.2) is 0 Å². The van der Waals surface area contributed by atoms with E-state index in [1.165, 1.54) is 0 Å². The number of nitrogens with one attached hydrogen (secondary N) is 1. The number of rotatable bonds is 1. The second-order valence-corrected chi connectivity index (χ2v) is 6.56. The number of thioether (sulfide) groups is 1. The van der Waals surface area contributed by atoms with Gasteiger partial charge < -0.3 is 10.1 Å². The maximum absolute atomic E-state index is 5.42. The van der Waals surface area contributed by atoms with E-state index in [0.717, 1.165) is 47.1 Å². The first-order valence-corrected chi connectivity index (χ1v) is 7.87. The zero-order chi connectivity index (χ0) is 12.4. The maximum Gasteiger partial charge on any atom is 0.161 e.